The second-order valence-corrected chi connectivity index (χ2v) is 7.38. The van der Waals surface area contributed by atoms with Crippen LogP contribution in [-0.4, -0.2) is 35.2 Å². The zero-order valence-corrected chi connectivity index (χ0v) is 15.0. The topological polar surface area (TPSA) is 122 Å². The van der Waals surface area contributed by atoms with Gasteiger partial charge in [0.2, 0.25) is 5.91 Å². The van der Waals surface area contributed by atoms with E-state index in [2.05, 4.69) is 10.6 Å². The average Bonchev–Trinajstić information content (AvgIpc) is 3.30. The normalized spacial score (nSPS) is 20.7. The monoisotopic (exact) mass is 384 g/mol. The van der Waals surface area contributed by atoms with Crippen LogP contribution in [0.1, 0.15) is 27.9 Å². The molecule has 5 amide bonds. The van der Waals surface area contributed by atoms with Crippen LogP contribution in [0.5, 0.6) is 0 Å². The van der Waals surface area contributed by atoms with E-state index in [1.165, 1.54) is 6.07 Å². The number of imide groups is 1. The number of anilines is 1. The first-order chi connectivity index (χ1) is 12.9. The van der Waals surface area contributed by atoms with Crippen LogP contribution in [0.2, 0.25) is 0 Å². The molecule has 27 heavy (non-hydrogen) atoms. The lowest BCUT2D eigenvalue weighted by Crippen LogP contribution is -2.43. The molecule has 2 aromatic rings. The molecule has 1 atom stereocenters. The summed E-state index contributed by atoms with van der Waals surface area (Å²) in [7, 11) is 0. The first-order valence-electron chi connectivity index (χ1n) is 8.32. The molecule has 8 nitrogen and oxygen atoms in total. The molecule has 0 saturated carbocycles. The van der Waals surface area contributed by atoms with Gasteiger partial charge < -0.3 is 16.4 Å². The van der Waals surface area contributed by atoms with Crippen molar-refractivity contribution in [2.75, 3.05) is 11.9 Å². The summed E-state index contributed by atoms with van der Waals surface area (Å²) < 4.78 is 0. The Morgan fingerprint density at radius 3 is 2.81 bits per heavy atom. The number of nitrogens with zero attached hydrogens (tertiary/aromatic N) is 1. The van der Waals surface area contributed by atoms with Gasteiger partial charge in [0.05, 0.1) is 5.56 Å². The van der Waals surface area contributed by atoms with E-state index >= 15 is 0 Å². The van der Waals surface area contributed by atoms with Crippen molar-refractivity contribution < 1.29 is 19.2 Å². The van der Waals surface area contributed by atoms with Crippen LogP contribution < -0.4 is 16.4 Å². The quantitative estimate of drug-likeness (QED) is 0.685. The van der Waals surface area contributed by atoms with Gasteiger partial charge in [0, 0.05) is 0 Å². The summed E-state index contributed by atoms with van der Waals surface area (Å²) in [5.74, 6) is -1.68. The molecule has 4 N–H and O–H groups in total. The van der Waals surface area contributed by atoms with E-state index in [4.69, 9.17) is 5.73 Å². The van der Waals surface area contributed by atoms with Crippen molar-refractivity contribution in [3.8, 4) is 0 Å². The highest BCUT2D eigenvalue weighted by Crippen LogP contribution is 2.41. The van der Waals surface area contributed by atoms with Crippen LogP contribution in [-0.2, 0) is 21.5 Å². The minimum absolute atomic E-state index is 0.187. The number of rotatable bonds is 4. The second kappa shape index (κ2) is 6.20. The summed E-state index contributed by atoms with van der Waals surface area (Å²) in [6.45, 7) is -0.440. The molecule has 0 radical (unpaired) electrons. The number of urea groups is 1. The Morgan fingerprint density at radius 1 is 1.26 bits per heavy atom. The molecule has 138 valence electrons. The summed E-state index contributed by atoms with van der Waals surface area (Å²) in [5, 5.41) is 7.22. The number of benzene rings is 1. The number of nitrogens with one attached hydrogen (secondary N) is 2. The molecule has 1 saturated heterocycles. The number of primary amides is 1. The molecule has 2 aliphatic rings. The minimum Gasteiger partial charge on any atom is -0.366 e. The Balaban J connectivity index is 1.53. The van der Waals surface area contributed by atoms with Crippen molar-refractivity contribution in [3.63, 3.8) is 0 Å². The maximum Gasteiger partial charge on any atom is 0.325 e. The van der Waals surface area contributed by atoms with Crippen molar-refractivity contribution >= 4 is 40.1 Å². The molecule has 0 bridgehead atoms. The Bertz CT molecular complexity index is 985. The molecule has 1 aromatic carbocycles. The third kappa shape index (κ3) is 2.67. The van der Waals surface area contributed by atoms with Gasteiger partial charge in [0.1, 0.15) is 17.1 Å². The minimum atomic E-state index is -1.10. The molecular weight excluding hydrogens is 368 g/mol. The SMILES string of the molecule is NC(=O)c1ccsc1NC(=O)CN1C(=O)N[C@]2(CCc3ccccc32)C1=O. The lowest BCUT2D eigenvalue weighted by molar-refractivity contribution is -0.134. The molecule has 0 unspecified atom stereocenters. The number of carbonyl (C=O) groups excluding carboxylic acids is 4. The van der Waals surface area contributed by atoms with E-state index in [-0.39, 0.29) is 5.56 Å². The number of nitrogens with two attached hydrogens (primary N) is 1. The van der Waals surface area contributed by atoms with Gasteiger partial charge in [-0.05, 0) is 35.4 Å². The fraction of sp³-hybridized carbons (Fsp3) is 0.222. The summed E-state index contributed by atoms with van der Waals surface area (Å²) in [6.07, 6.45) is 1.14. The first-order valence-corrected chi connectivity index (χ1v) is 9.20. The maximum atomic E-state index is 13.0. The van der Waals surface area contributed by atoms with Crippen LogP contribution in [0.25, 0.3) is 0 Å². The number of amides is 5. The Labute approximate surface area is 158 Å². The lowest BCUT2D eigenvalue weighted by atomic mass is 9.92. The van der Waals surface area contributed by atoms with Crippen LogP contribution in [0.3, 0.4) is 0 Å². The highest BCUT2D eigenvalue weighted by atomic mass is 32.1. The van der Waals surface area contributed by atoms with E-state index in [1.807, 2.05) is 24.3 Å². The molecule has 9 heteroatoms. The van der Waals surface area contributed by atoms with E-state index in [0.29, 0.717) is 17.8 Å². The summed E-state index contributed by atoms with van der Waals surface area (Å²) in [6, 6.07) is 8.37. The Morgan fingerprint density at radius 2 is 2.04 bits per heavy atom. The first kappa shape index (κ1) is 17.2. The molecule has 1 aliphatic heterocycles. The largest absolute Gasteiger partial charge is 0.366 e. The number of aryl methyl sites for hydroxylation is 1. The number of hydrogen-bond donors (Lipinski definition) is 3. The third-order valence-electron chi connectivity index (χ3n) is 4.91. The highest BCUT2D eigenvalue weighted by molar-refractivity contribution is 7.14. The fourth-order valence-corrected chi connectivity index (χ4v) is 4.45. The van der Waals surface area contributed by atoms with E-state index < -0.39 is 35.8 Å². The maximum absolute atomic E-state index is 13.0. The van der Waals surface area contributed by atoms with E-state index in [0.717, 1.165) is 27.4 Å². The molecule has 1 fully saturated rings. The predicted octanol–water partition coefficient (Wildman–Crippen LogP) is 1.18. The van der Waals surface area contributed by atoms with Gasteiger partial charge in [-0.25, -0.2) is 4.79 Å². The number of fused-ring (bicyclic) bond motifs is 2. The van der Waals surface area contributed by atoms with Crippen molar-refractivity contribution in [1.82, 2.24) is 10.2 Å². The zero-order chi connectivity index (χ0) is 19.2. The van der Waals surface area contributed by atoms with Crippen molar-refractivity contribution in [3.05, 3.63) is 52.4 Å². The van der Waals surface area contributed by atoms with Crippen LogP contribution >= 0.6 is 11.3 Å². The van der Waals surface area contributed by atoms with Gasteiger partial charge in [-0.15, -0.1) is 11.3 Å². The van der Waals surface area contributed by atoms with Crippen molar-refractivity contribution in [1.29, 1.82) is 0 Å². The van der Waals surface area contributed by atoms with Gasteiger partial charge in [0.15, 0.2) is 0 Å². The number of hydrogen-bond acceptors (Lipinski definition) is 5. The van der Waals surface area contributed by atoms with Crippen LogP contribution in [0.4, 0.5) is 9.80 Å². The molecule has 1 aliphatic carbocycles. The average molecular weight is 384 g/mol. The van der Waals surface area contributed by atoms with Gasteiger partial charge in [-0.1, -0.05) is 24.3 Å². The van der Waals surface area contributed by atoms with Gasteiger partial charge in [0.25, 0.3) is 11.8 Å². The lowest BCUT2D eigenvalue weighted by Gasteiger charge is -2.22. The highest BCUT2D eigenvalue weighted by Gasteiger charge is 2.55. The fourth-order valence-electron chi connectivity index (χ4n) is 3.64. The Kier molecular flexibility index (Phi) is 3.96. The summed E-state index contributed by atoms with van der Waals surface area (Å²) in [5.41, 5.74) is 6.13. The van der Waals surface area contributed by atoms with E-state index in [1.54, 1.807) is 5.38 Å². The smallest absolute Gasteiger partial charge is 0.325 e. The van der Waals surface area contributed by atoms with E-state index in [9.17, 15) is 19.2 Å². The van der Waals surface area contributed by atoms with Crippen LogP contribution in [0, 0.1) is 0 Å². The molecule has 2 heterocycles. The van der Waals surface area contributed by atoms with Gasteiger partial charge in [-0.2, -0.15) is 0 Å². The number of carbonyl (C=O) groups is 4. The third-order valence-corrected chi connectivity index (χ3v) is 5.74. The standard InChI is InChI=1S/C18H16N4O4S/c19-14(24)11-6-8-27-15(11)20-13(23)9-22-16(25)18(21-17(22)26)7-5-10-3-1-2-4-12(10)18/h1-4,6,8H,5,7,9H2,(H2,19,24)(H,20,23)(H,21,26)/t18-/m0/s1. The van der Waals surface area contributed by atoms with Crippen molar-refractivity contribution in [2.45, 2.75) is 18.4 Å². The summed E-state index contributed by atoms with van der Waals surface area (Å²) in [4.78, 5) is 50.0. The summed E-state index contributed by atoms with van der Waals surface area (Å²) >= 11 is 1.14. The Hall–Kier alpha value is -3.20. The number of thiophene rings is 1. The predicted molar refractivity (Wildman–Crippen MR) is 98.2 cm³/mol. The molecule has 1 aromatic heterocycles. The van der Waals surface area contributed by atoms with Crippen LogP contribution in [0.15, 0.2) is 35.7 Å². The van der Waals surface area contributed by atoms with Gasteiger partial charge in [-0.3, -0.25) is 19.3 Å². The van der Waals surface area contributed by atoms with Crippen molar-refractivity contribution in [2.24, 2.45) is 5.73 Å². The van der Waals surface area contributed by atoms with Gasteiger partial charge >= 0.3 is 6.03 Å². The second-order valence-electron chi connectivity index (χ2n) is 6.46. The molecule has 4 rings (SSSR count). The zero-order valence-electron chi connectivity index (χ0n) is 14.2. The molecular formula is C18H16N4O4S. The molecule has 1 spiro atoms.